The second kappa shape index (κ2) is 7.77. The van der Waals surface area contributed by atoms with Crippen LogP contribution in [0.1, 0.15) is 37.3 Å². The van der Waals surface area contributed by atoms with Crippen molar-refractivity contribution in [3.05, 3.63) is 83.4 Å². The fourth-order valence-electron chi connectivity index (χ4n) is 2.39. The molecule has 0 heterocycles. The van der Waals surface area contributed by atoms with Crippen LogP contribution in [0.25, 0.3) is 0 Å². The fourth-order valence-corrected chi connectivity index (χ4v) is 2.39. The summed E-state index contributed by atoms with van der Waals surface area (Å²) < 4.78 is 0. The Labute approximate surface area is 126 Å². The van der Waals surface area contributed by atoms with Gasteiger partial charge < -0.3 is 0 Å². The molecule has 1 unspecified atom stereocenters. The van der Waals surface area contributed by atoms with Crippen LogP contribution in [0.2, 0.25) is 0 Å². The maximum atomic E-state index is 8.76. The van der Waals surface area contributed by atoms with E-state index in [0.29, 0.717) is 5.92 Å². The average Bonchev–Trinajstić information content (AvgIpc) is 2.56. The summed E-state index contributed by atoms with van der Waals surface area (Å²) in [6, 6.07) is 21.0. The Morgan fingerprint density at radius 2 is 1.48 bits per heavy atom. The summed E-state index contributed by atoms with van der Waals surface area (Å²) in [4.78, 5) is 4.39. The second-order valence-corrected chi connectivity index (χ2v) is 5.31. The molecular formula is C19H22O2. The van der Waals surface area contributed by atoms with Gasteiger partial charge in [0, 0.05) is 5.92 Å². The predicted molar refractivity (Wildman–Crippen MR) is 86.3 cm³/mol. The molecule has 2 heteroatoms. The Balaban J connectivity index is 2.26. The van der Waals surface area contributed by atoms with Gasteiger partial charge in [0.05, 0.1) is 0 Å². The number of hydrogen-bond donors (Lipinski definition) is 1. The summed E-state index contributed by atoms with van der Waals surface area (Å²) in [5, 5.41) is 8.76. The molecule has 1 atom stereocenters. The van der Waals surface area contributed by atoms with Gasteiger partial charge in [-0.05, 0) is 37.0 Å². The van der Waals surface area contributed by atoms with E-state index in [0.717, 1.165) is 12.0 Å². The lowest BCUT2D eigenvalue weighted by atomic mass is 9.88. The van der Waals surface area contributed by atoms with Gasteiger partial charge in [-0.15, -0.1) is 0 Å². The number of benzene rings is 2. The van der Waals surface area contributed by atoms with Crippen molar-refractivity contribution in [2.75, 3.05) is 0 Å². The van der Waals surface area contributed by atoms with Crippen LogP contribution >= 0.6 is 0 Å². The number of allylic oxidation sites excluding steroid dienone is 1. The zero-order valence-corrected chi connectivity index (χ0v) is 12.6. The molecule has 0 aromatic heterocycles. The molecule has 1 N–H and O–H groups in total. The van der Waals surface area contributed by atoms with E-state index in [1.165, 1.54) is 11.1 Å². The smallest absolute Gasteiger partial charge is 0.111 e. The van der Waals surface area contributed by atoms with E-state index in [-0.39, 0.29) is 6.10 Å². The van der Waals surface area contributed by atoms with E-state index in [1.54, 1.807) is 0 Å². The van der Waals surface area contributed by atoms with Crippen molar-refractivity contribution in [1.82, 2.24) is 0 Å². The van der Waals surface area contributed by atoms with Crippen molar-refractivity contribution < 1.29 is 10.1 Å². The Bertz CT molecular complexity index is 521. The molecule has 2 aromatic carbocycles. The fraction of sp³-hybridized carbons (Fsp3) is 0.263. The largest absolute Gasteiger partial charge is 0.251 e. The molecular weight excluding hydrogens is 260 g/mol. The van der Waals surface area contributed by atoms with E-state index in [4.69, 9.17) is 5.26 Å². The van der Waals surface area contributed by atoms with Crippen LogP contribution in [0, 0.1) is 0 Å². The Hall–Kier alpha value is -1.90. The lowest BCUT2D eigenvalue weighted by Gasteiger charge is -2.17. The monoisotopic (exact) mass is 282 g/mol. The Kier molecular flexibility index (Phi) is 5.73. The summed E-state index contributed by atoms with van der Waals surface area (Å²) in [7, 11) is 0. The molecule has 2 nitrogen and oxygen atoms in total. The lowest BCUT2D eigenvalue weighted by Crippen LogP contribution is -2.07. The van der Waals surface area contributed by atoms with Crippen LogP contribution in [0.15, 0.2) is 72.3 Å². The van der Waals surface area contributed by atoms with Crippen LogP contribution in [-0.2, 0) is 4.89 Å². The summed E-state index contributed by atoms with van der Waals surface area (Å²) in [6.45, 7) is 3.82. The third-order valence-electron chi connectivity index (χ3n) is 3.88. The van der Waals surface area contributed by atoms with Crippen LogP contribution in [0.3, 0.4) is 0 Å². The molecule has 0 amide bonds. The van der Waals surface area contributed by atoms with E-state index in [9.17, 15) is 0 Å². The molecule has 0 radical (unpaired) electrons. The van der Waals surface area contributed by atoms with Crippen molar-refractivity contribution in [1.29, 1.82) is 0 Å². The molecule has 0 saturated carbocycles. The lowest BCUT2D eigenvalue weighted by molar-refractivity contribution is -0.264. The summed E-state index contributed by atoms with van der Waals surface area (Å²) >= 11 is 0. The minimum atomic E-state index is -0.266. The molecule has 2 aromatic rings. The predicted octanol–water partition coefficient (Wildman–Crippen LogP) is 5.03. The zero-order chi connectivity index (χ0) is 15.1. The van der Waals surface area contributed by atoms with Gasteiger partial charge in [0.2, 0.25) is 0 Å². The van der Waals surface area contributed by atoms with Gasteiger partial charge in [-0.1, -0.05) is 66.7 Å². The highest BCUT2D eigenvalue weighted by Gasteiger charge is 2.13. The second-order valence-electron chi connectivity index (χ2n) is 5.31. The van der Waals surface area contributed by atoms with Gasteiger partial charge in [-0.2, -0.15) is 0 Å². The normalized spacial score (nSPS) is 13.4. The molecule has 2 rings (SSSR count). The molecule has 21 heavy (non-hydrogen) atoms. The van der Waals surface area contributed by atoms with Gasteiger partial charge >= 0.3 is 0 Å². The first-order chi connectivity index (χ1) is 10.2. The molecule has 0 aliphatic carbocycles. The molecule has 0 aliphatic heterocycles. The molecule has 0 bridgehead atoms. The SMILES string of the molecule is CC(=CCC(c1ccccc1)c1ccccc1)C(C)OO. The number of hydrogen-bond acceptors (Lipinski definition) is 2. The van der Waals surface area contributed by atoms with Gasteiger partial charge in [0.25, 0.3) is 0 Å². The number of rotatable bonds is 6. The van der Waals surface area contributed by atoms with Gasteiger partial charge in [-0.25, -0.2) is 4.89 Å². The summed E-state index contributed by atoms with van der Waals surface area (Å²) in [5.74, 6) is 0.313. The van der Waals surface area contributed by atoms with Crippen molar-refractivity contribution >= 4 is 0 Å². The standard InChI is InChI=1S/C19H22O2/c1-15(16(2)21-20)13-14-19(17-9-5-3-6-10-17)18-11-7-4-8-12-18/h3-13,16,19-20H,14H2,1-2H3. The minimum absolute atomic E-state index is 0.266. The summed E-state index contributed by atoms with van der Waals surface area (Å²) in [6.07, 6.45) is 2.76. The highest BCUT2D eigenvalue weighted by molar-refractivity contribution is 5.33. The Morgan fingerprint density at radius 3 is 1.90 bits per heavy atom. The first-order valence-electron chi connectivity index (χ1n) is 7.29. The maximum Gasteiger partial charge on any atom is 0.111 e. The van der Waals surface area contributed by atoms with Crippen molar-refractivity contribution in [3.63, 3.8) is 0 Å². The van der Waals surface area contributed by atoms with Crippen molar-refractivity contribution in [3.8, 4) is 0 Å². The van der Waals surface area contributed by atoms with Crippen molar-refractivity contribution in [2.45, 2.75) is 32.3 Å². The van der Waals surface area contributed by atoms with E-state index >= 15 is 0 Å². The molecule has 0 fully saturated rings. The van der Waals surface area contributed by atoms with Crippen LogP contribution in [0.4, 0.5) is 0 Å². The Morgan fingerprint density at radius 1 is 1.00 bits per heavy atom. The van der Waals surface area contributed by atoms with Crippen LogP contribution in [-0.4, -0.2) is 11.4 Å². The summed E-state index contributed by atoms with van der Waals surface area (Å²) in [5.41, 5.74) is 3.63. The minimum Gasteiger partial charge on any atom is -0.251 e. The first kappa shape index (κ1) is 15.5. The van der Waals surface area contributed by atoms with E-state index < -0.39 is 0 Å². The molecule has 110 valence electrons. The van der Waals surface area contributed by atoms with Gasteiger partial charge in [0.15, 0.2) is 0 Å². The topological polar surface area (TPSA) is 29.5 Å². The highest BCUT2D eigenvalue weighted by Crippen LogP contribution is 2.29. The molecule has 0 aliphatic rings. The van der Waals surface area contributed by atoms with Crippen LogP contribution in [0.5, 0.6) is 0 Å². The van der Waals surface area contributed by atoms with Crippen LogP contribution < -0.4 is 0 Å². The first-order valence-corrected chi connectivity index (χ1v) is 7.29. The van der Waals surface area contributed by atoms with Gasteiger partial charge in [0.1, 0.15) is 6.10 Å². The van der Waals surface area contributed by atoms with Gasteiger partial charge in [-0.3, -0.25) is 5.26 Å². The van der Waals surface area contributed by atoms with E-state index in [2.05, 4.69) is 59.5 Å². The third-order valence-corrected chi connectivity index (χ3v) is 3.88. The van der Waals surface area contributed by atoms with E-state index in [1.807, 2.05) is 26.0 Å². The quantitative estimate of drug-likeness (QED) is 0.457. The maximum absolute atomic E-state index is 8.76. The highest BCUT2D eigenvalue weighted by atomic mass is 17.1. The third kappa shape index (κ3) is 4.28. The molecule has 0 saturated heterocycles. The van der Waals surface area contributed by atoms with Crippen molar-refractivity contribution in [2.24, 2.45) is 0 Å². The zero-order valence-electron chi connectivity index (χ0n) is 12.6. The average molecular weight is 282 g/mol. The molecule has 0 spiro atoms.